The van der Waals surface area contributed by atoms with Crippen LogP contribution in [0.25, 0.3) is 0 Å². The van der Waals surface area contributed by atoms with Crippen LogP contribution in [-0.2, 0) is 11.3 Å². The topological polar surface area (TPSA) is 65.4 Å². The molecule has 3 heterocycles. The summed E-state index contributed by atoms with van der Waals surface area (Å²) in [7, 11) is 0. The molecule has 1 unspecified atom stereocenters. The maximum Gasteiger partial charge on any atom is 0.255 e. The van der Waals surface area contributed by atoms with Gasteiger partial charge < -0.3 is 14.8 Å². The molecule has 150 valence electrons. The van der Waals surface area contributed by atoms with Gasteiger partial charge in [0.2, 0.25) is 0 Å². The van der Waals surface area contributed by atoms with Gasteiger partial charge in [-0.05, 0) is 33.8 Å². The zero-order valence-electron chi connectivity index (χ0n) is 17.2. The second kappa shape index (κ2) is 7.24. The van der Waals surface area contributed by atoms with Crippen molar-refractivity contribution in [2.75, 3.05) is 13.2 Å². The molecule has 1 N–H and O–H groups in total. The number of carbonyl (C=O) groups is 1. The Morgan fingerprint density at radius 1 is 1.29 bits per heavy atom. The third-order valence-corrected chi connectivity index (χ3v) is 6.06. The number of aromatic nitrogens is 2. The van der Waals surface area contributed by atoms with Crippen molar-refractivity contribution < 1.29 is 14.3 Å². The summed E-state index contributed by atoms with van der Waals surface area (Å²) in [5.41, 5.74) is 4.32. The smallest absolute Gasteiger partial charge is 0.255 e. The Morgan fingerprint density at radius 2 is 2.04 bits per heavy atom. The molecule has 1 aromatic heterocycles. The third-order valence-electron chi connectivity index (χ3n) is 6.06. The monoisotopic (exact) mass is 383 g/mol. The van der Waals surface area contributed by atoms with E-state index in [1.165, 1.54) is 0 Å². The first-order chi connectivity index (χ1) is 13.4. The van der Waals surface area contributed by atoms with Crippen LogP contribution >= 0.6 is 0 Å². The molecule has 1 aromatic carbocycles. The molecule has 1 fully saturated rings. The Balaban J connectivity index is 1.67. The van der Waals surface area contributed by atoms with Crippen molar-refractivity contribution in [2.45, 2.75) is 65.1 Å². The van der Waals surface area contributed by atoms with Gasteiger partial charge in [-0.3, -0.25) is 9.48 Å². The molecule has 4 rings (SSSR count). The minimum atomic E-state index is -0.268. The fourth-order valence-corrected chi connectivity index (χ4v) is 4.53. The van der Waals surface area contributed by atoms with E-state index in [4.69, 9.17) is 9.47 Å². The van der Waals surface area contributed by atoms with Crippen molar-refractivity contribution in [2.24, 2.45) is 0 Å². The van der Waals surface area contributed by atoms with Crippen molar-refractivity contribution in [1.82, 2.24) is 15.1 Å². The van der Waals surface area contributed by atoms with Crippen molar-refractivity contribution in [3.8, 4) is 5.75 Å². The molecule has 6 nitrogen and oxygen atoms in total. The molecule has 0 saturated carbocycles. The fourth-order valence-electron chi connectivity index (χ4n) is 4.53. The summed E-state index contributed by atoms with van der Waals surface area (Å²) in [6, 6.07) is 6.14. The van der Waals surface area contributed by atoms with Crippen LogP contribution < -0.4 is 10.1 Å². The van der Waals surface area contributed by atoms with Gasteiger partial charge in [0.15, 0.2) is 0 Å². The van der Waals surface area contributed by atoms with Gasteiger partial charge in [0, 0.05) is 37.1 Å². The van der Waals surface area contributed by atoms with Crippen molar-refractivity contribution >= 4 is 5.91 Å². The Morgan fingerprint density at radius 3 is 2.71 bits per heavy atom. The molecular formula is C22H29N3O3. The second-order valence-electron chi connectivity index (χ2n) is 8.03. The van der Waals surface area contributed by atoms with Crippen molar-refractivity contribution in [3.05, 3.63) is 46.3 Å². The molecule has 0 aliphatic carbocycles. The summed E-state index contributed by atoms with van der Waals surface area (Å²) in [4.78, 5) is 13.2. The summed E-state index contributed by atoms with van der Waals surface area (Å²) in [5, 5.41) is 7.80. The molecule has 2 aromatic rings. The zero-order valence-corrected chi connectivity index (χ0v) is 17.2. The average molecular weight is 383 g/mol. The molecule has 1 saturated heterocycles. The molecule has 0 radical (unpaired) electrons. The highest BCUT2D eigenvalue weighted by Crippen LogP contribution is 2.44. The lowest BCUT2D eigenvalue weighted by atomic mass is 9.81. The van der Waals surface area contributed by atoms with Crippen LogP contribution in [0, 0.1) is 20.8 Å². The van der Waals surface area contributed by atoms with E-state index in [1.807, 2.05) is 31.5 Å². The predicted molar refractivity (Wildman–Crippen MR) is 107 cm³/mol. The van der Waals surface area contributed by atoms with E-state index in [0.717, 1.165) is 54.1 Å². The van der Waals surface area contributed by atoms with E-state index in [9.17, 15) is 4.79 Å². The highest BCUT2D eigenvalue weighted by atomic mass is 16.5. The van der Waals surface area contributed by atoms with E-state index in [0.29, 0.717) is 18.8 Å². The number of hydrogen-bond donors (Lipinski definition) is 1. The van der Waals surface area contributed by atoms with Crippen molar-refractivity contribution in [3.63, 3.8) is 0 Å². The fraction of sp³-hybridized carbons (Fsp3) is 0.545. The summed E-state index contributed by atoms with van der Waals surface area (Å²) < 4.78 is 13.9. The highest BCUT2D eigenvalue weighted by molar-refractivity contribution is 5.96. The van der Waals surface area contributed by atoms with Gasteiger partial charge in [0.05, 0.1) is 30.5 Å². The van der Waals surface area contributed by atoms with Crippen LogP contribution in [-0.4, -0.2) is 34.5 Å². The van der Waals surface area contributed by atoms with Crippen molar-refractivity contribution in [1.29, 1.82) is 0 Å². The van der Waals surface area contributed by atoms with Gasteiger partial charge in [0.25, 0.3) is 5.91 Å². The van der Waals surface area contributed by atoms with E-state index < -0.39 is 0 Å². The lowest BCUT2D eigenvalue weighted by molar-refractivity contribution is -0.0639. The number of rotatable bonds is 3. The Hall–Kier alpha value is -2.34. The Bertz CT molecular complexity index is 897. The Labute approximate surface area is 166 Å². The number of ether oxygens (including phenoxy) is 2. The second-order valence-corrected chi connectivity index (χ2v) is 8.03. The number of benzene rings is 1. The lowest BCUT2D eigenvalue weighted by Crippen LogP contribution is -2.48. The molecule has 0 bridgehead atoms. The van der Waals surface area contributed by atoms with Gasteiger partial charge in [-0.1, -0.05) is 17.7 Å². The van der Waals surface area contributed by atoms with E-state index in [1.54, 1.807) is 0 Å². The summed E-state index contributed by atoms with van der Waals surface area (Å²) >= 11 is 0. The van der Waals surface area contributed by atoms with Gasteiger partial charge in [-0.2, -0.15) is 5.10 Å². The van der Waals surface area contributed by atoms with E-state index >= 15 is 0 Å². The molecule has 2 aliphatic rings. The van der Waals surface area contributed by atoms with Crippen LogP contribution in [0.1, 0.15) is 65.1 Å². The van der Waals surface area contributed by atoms with Gasteiger partial charge >= 0.3 is 0 Å². The zero-order chi connectivity index (χ0) is 19.9. The number of carbonyl (C=O) groups excluding carboxylic acids is 1. The van der Waals surface area contributed by atoms with E-state index in [-0.39, 0.29) is 17.6 Å². The largest absolute Gasteiger partial charge is 0.487 e. The minimum absolute atomic E-state index is 0.0590. The van der Waals surface area contributed by atoms with Crippen LogP contribution in [0.15, 0.2) is 18.2 Å². The molecule has 6 heteroatoms. The number of fused-ring (bicyclic) bond motifs is 1. The molecule has 1 spiro atoms. The molecule has 28 heavy (non-hydrogen) atoms. The standard InChI is InChI=1S/C22H29N3O3/c1-5-25-16(4)20(15(3)24-25)21(26)23-18-13-22(8-10-27-11-9-22)28-19-7-6-14(2)12-17(18)19/h6-7,12,18H,5,8-11,13H2,1-4H3,(H,23,26). The molecule has 2 aliphatic heterocycles. The SMILES string of the molecule is CCn1nc(C)c(C(=O)NC2CC3(CCOCC3)Oc3ccc(C)cc32)c1C. The number of hydrogen-bond acceptors (Lipinski definition) is 4. The summed E-state index contributed by atoms with van der Waals surface area (Å²) in [6.45, 7) is 10.1. The summed E-state index contributed by atoms with van der Waals surface area (Å²) in [6.07, 6.45) is 2.45. The summed E-state index contributed by atoms with van der Waals surface area (Å²) in [5.74, 6) is 0.818. The van der Waals surface area contributed by atoms with Gasteiger partial charge in [-0.25, -0.2) is 0 Å². The maximum absolute atomic E-state index is 13.2. The first kappa shape index (κ1) is 19.0. The first-order valence-electron chi connectivity index (χ1n) is 10.1. The van der Waals surface area contributed by atoms with Crippen LogP contribution in [0.2, 0.25) is 0 Å². The van der Waals surface area contributed by atoms with E-state index in [2.05, 4.69) is 29.5 Å². The highest BCUT2D eigenvalue weighted by Gasteiger charge is 2.43. The number of nitrogens with zero attached hydrogens (tertiary/aromatic N) is 2. The third kappa shape index (κ3) is 3.30. The average Bonchev–Trinajstić information content (AvgIpc) is 2.96. The molecule has 1 amide bonds. The number of aryl methyl sites for hydroxylation is 3. The first-order valence-corrected chi connectivity index (χ1v) is 10.1. The predicted octanol–water partition coefficient (Wildman–Crippen LogP) is 3.63. The minimum Gasteiger partial charge on any atom is -0.487 e. The lowest BCUT2D eigenvalue weighted by Gasteiger charge is -2.44. The van der Waals surface area contributed by atoms with Crippen LogP contribution in [0.5, 0.6) is 5.75 Å². The van der Waals surface area contributed by atoms with Gasteiger partial charge in [0.1, 0.15) is 11.4 Å². The maximum atomic E-state index is 13.2. The Kier molecular flexibility index (Phi) is 4.91. The molecular weight excluding hydrogens is 354 g/mol. The number of amides is 1. The quantitative estimate of drug-likeness (QED) is 0.879. The van der Waals surface area contributed by atoms with Crippen LogP contribution in [0.3, 0.4) is 0 Å². The number of nitrogens with one attached hydrogen (secondary N) is 1. The normalized spacial score (nSPS) is 20.5. The van der Waals surface area contributed by atoms with Gasteiger partial charge in [-0.15, -0.1) is 0 Å². The molecule has 1 atom stereocenters. The van der Waals surface area contributed by atoms with Crippen LogP contribution in [0.4, 0.5) is 0 Å².